The number of aliphatic hydroxyl groups is 1. The molecule has 2 N–H and O–H groups in total. The van der Waals surface area contributed by atoms with Crippen molar-refractivity contribution >= 4 is 36.7 Å². The van der Waals surface area contributed by atoms with Gasteiger partial charge in [-0.15, -0.1) is 0 Å². The number of phosphoric acid groups is 1. The second kappa shape index (κ2) is 14.2. The van der Waals surface area contributed by atoms with Crippen molar-refractivity contribution in [2.24, 2.45) is 0 Å². The predicted molar refractivity (Wildman–Crippen MR) is 165 cm³/mol. The molecule has 0 aliphatic carbocycles. The Bertz CT molecular complexity index is 1890. The van der Waals surface area contributed by atoms with Crippen LogP contribution in [0.1, 0.15) is 24.0 Å². The Balaban J connectivity index is 1.32. The summed E-state index contributed by atoms with van der Waals surface area (Å²) in [5.74, 6) is 0.230. The fourth-order valence-electron chi connectivity index (χ4n) is 4.52. The lowest BCUT2D eigenvalue weighted by Gasteiger charge is -2.24. The number of halogens is 2. The van der Waals surface area contributed by atoms with Gasteiger partial charge < -0.3 is 14.4 Å². The lowest BCUT2D eigenvalue weighted by molar-refractivity contribution is -0.384. The number of aryl methyl sites for hydroxylation is 1. The fourth-order valence-corrected chi connectivity index (χ4v) is 6.30. The zero-order valence-corrected chi connectivity index (χ0v) is 26.4. The molecule has 4 aromatic rings. The van der Waals surface area contributed by atoms with E-state index in [9.17, 15) is 29.4 Å². The second-order valence-electron chi connectivity index (χ2n) is 10.1. The van der Waals surface area contributed by atoms with E-state index in [0.717, 1.165) is 4.57 Å². The average molecular weight is 694 g/mol. The van der Waals surface area contributed by atoms with Crippen LogP contribution in [0.25, 0.3) is 11.1 Å². The van der Waals surface area contributed by atoms with E-state index < -0.39 is 49.0 Å². The van der Waals surface area contributed by atoms with Crippen LogP contribution in [0.2, 0.25) is 10.0 Å². The number of hydrogen-bond donors (Lipinski definition) is 2. The quantitative estimate of drug-likeness (QED) is 0.119. The third kappa shape index (κ3) is 7.88. The molecule has 0 bridgehead atoms. The highest BCUT2D eigenvalue weighted by Crippen LogP contribution is 2.54. The minimum Gasteiger partial charge on any atom is -0.402 e. The van der Waals surface area contributed by atoms with E-state index in [4.69, 9.17) is 41.5 Å². The first-order chi connectivity index (χ1) is 21.9. The first-order valence-electron chi connectivity index (χ1n) is 13.7. The third-order valence-electron chi connectivity index (χ3n) is 6.88. The Hall–Kier alpha value is -3.95. The van der Waals surface area contributed by atoms with Crippen LogP contribution in [0.5, 0.6) is 5.75 Å². The van der Waals surface area contributed by atoms with Crippen molar-refractivity contribution in [1.29, 1.82) is 0 Å². The highest BCUT2D eigenvalue weighted by atomic mass is 35.5. The van der Waals surface area contributed by atoms with Gasteiger partial charge in [0.25, 0.3) is 11.2 Å². The first-order valence-corrected chi connectivity index (χ1v) is 15.9. The fraction of sp³-hybridized carbons (Fsp3) is 0.286. The molecule has 0 radical (unpaired) electrons. The second-order valence-corrected chi connectivity index (χ2v) is 12.4. The Morgan fingerprint density at radius 3 is 2.54 bits per heavy atom. The number of ether oxygens (including phenoxy) is 1. The summed E-state index contributed by atoms with van der Waals surface area (Å²) in [5, 5.41) is 21.2. The molecule has 5 rings (SSSR count). The van der Waals surface area contributed by atoms with Gasteiger partial charge in [-0.25, -0.2) is 19.3 Å². The van der Waals surface area contributed by atoms with Gasteiger partial charge in [-0.05, 0) is 36.8 Å². The Morgan fingerprint density at radius 1 is 1.15 bits per heavy atom. The number of rotatable bonds is 12. The van der Waals surface area contributed by atoms with E-state index in [2.05, 4.69) is 15.0 Å². The van der Waals surface area contributed by atoms with Gasteiger partial charge in [-0.1, -0.05) is 23.2 Å². The van der Waals surface area contributed by atoms with Crippen molar-refractivity contribution in [2.75, 3.05) is 13.2 Å². The molecule has 0 amide bonds. The van der Waals surface area contributed by atoms with Crippen LogP contribution in [0.15, 0.2) is 70.6 Å². The molecule has 4 atom stereocenters. The van der Waals surface area contributed by atoms with Gasteiger partial charge in [-0.3, -0.25) is 33.5 Å². The van der Waals surface area contributed by atoms with Crippen LogP contribution < -0.4 is 15.8 Å². The highest BCUT2D eigenvalue weighted by Gasteiger charge is 2.44. The van der Waals surface area contributed by atoms with Crippen LogP contribution in [-0.2, 0) is 24.8 Å². The van der Waals surface area contributed by atoms with Gasteiger partial charge in [0, 0.05) is 65.8 Å². The molecule has 46 heavy (non-hydrogen) atoms. The molecule has 1 aliphatic rings. The van der Waals surface area contributed by atoms with Crippen molar-refractivity contribution in [3.8, 4) is 16.9 Å². The standard InChI is InChI=1S/C28H26Cl2N5O10P/c1-16-14-34(28(38)33-27(16)37)26-11-23(24(15-36)43-26)45-46(41,44-22-10-19(29)4-7-21(22)30)42-9-8-25-31-12-18(13-32-25)17-2-5-20(6-3-17)35(39)40/h2-7,10,12-14,23-24,26,36H,8-9,11,15H2,1H3,(H,33,37,38)/t23-,24+,26+,46?/m0/s1. The zero-order chi connectivity index (χ0) is 33.0. The van der Waals surface area contributed by atoms with Gasteiger partial charge in [0.05, 0.1) is 23.2 Å². The van der Waals surface area contributed by atoms with Gasteiger partial charge >= 0.3 is 13.5 Å². The smallest absolute Gasteiger partial charge is 0.402 e. The summed E-state index contributed by atoms with van der Waals surface area (Å²) >= 11 is 12.3. The highest BCUT2D eigenvalue weighted by molar-refractivity contribution is 7.49. The number of nitro benzene ring substituents is 1. The predicted octanol–water partition coefficient (Wildman–Crippen LogP) is 4.63. The number of nitrogens with zero attached hydrogens (tertiary/aromatic N) is 4. The number of non-ortho nitro benzene ring substituents is 1. The molecule has 15 nitrogen and oxygen atoms in total. The van der Waals surface area contributed by atoms with Crippen molar-refractivity contribution in [3.05, 3.63) is 113 Å². The van der Waals surface area contributed by atoms with Crippen molar-refractivity contribution in [1.82, 2.24) is 19.5 Å². The van der Waals surface area contributed by atoms with Crippen LogP contribution in [0, 0.1) is 17.0 Å². The minimum atomic E-state index is -4.53. The molecule has 1 aliphatic heterocycles. The van der Waals surface area contributed by atoms with Crippen LogP contribution in [0.3, 0.4) is 0 Å². The summed E-state index contributed by atoms with van der Waals surface area (Å²) in [4.78, 5) is 45.5. The minimum absolute atomic E-state index is 0.0446. The SMILES string of the molecule is Cc1cn([C@H]2C[C@H](OP(=O)(OCCc3ncc(-c4ccc([N+](=O)[O-])cc4)cn3)Oc3cc(Cl)ccc3Cl)[C@@H](CO)O2)c(=O)[nH]c1=O. The Kier molecular flexibility index (Phi) is 10.3. The van der Waals surface area contributed by atoms with Crippen molar-refractivity contribution in [3.63, 3.8) is 0 Å². The van der Waals surface area contributed by atoms with Crippen LogP contribution in [0.4, 0.5) is 5.69 Å². The summed E-state index contributed by atoms with van der Waals surface area (Å²) in [6.07, 6.45) is 1.27. The van der Waals surface area contributed by atoms with Crippen LogP contribution in [-0.4, -0.2) is 55.0 Å². The number of hydrogen-bond acceptors (Lipinski definition) is 12. The van der Waals surface area contributed by atoms with Gasteiger partial charge in [0.15, 0.2) is 5.75 Å². The average Bonchev–Trinajstić information content (AvgIpc) is 3.43. The maximum Gasteiger partial charge on any atom is 0.530 e. The maximum atomic E-state index is 14.1. The molecule has 2 aromatic heterocycles. The molecule has 1 fully saturated rings. The van der Waals surface area contributed by atoms with Crippen LogP contribution >= 0.6 is 31.0 Å². The topological polar surface area (TPSA) is 198 Å². The van der Waals surface area contributed by atoms with E-state index >= 15 is 0 Å². The number of aromatic nitrogens is 4. The summed E-state index contributed by atoms with van der Waals surface area (Å²) < 4.78 is 38.2. The van der Waals surface area contributed by atoms with Crippen molar-refractivity contribution in [2.45, 2.75) is 38.2 Å². The summed E-state index contributed by atoms with van der Waals surface area (Å²) in [5.41, 5.74) is 0.211. The van der Waals surface area contributed by atoms with E-state index in [1.54, 1.807) is 12.1 Å². The summed E-state index contributed by atoms with van der Waals surface area (Å²) in [7, 11) is -4.53. The van der Waals surface area contributed by atoms with E-state index in [1.807, 2.05) is 0 Å². The van der Waals surface area contributed by atoms with Gasteiger partial charge in [0.1, 0.15) is 24.3 Å². The molecule has 242 valence electrons. The molecule has 2 aromatic carbocycles. The third-order valence-corrected chi connectivity index (χ3v) is 8.87. The van der Waals surface area contributed by atoms with E-state index in [1.165, 1.54) is 55.8 Å². The number of aromatic amines is 1. The molecule has 0 saturated carbocycles. The lowest BCUT2D eigenvalue weighted by Crippen LogP contribution is -2.33. The molecule has 1 unspecified atom stereocenters. The molecule has 0 spiro atoms. The molecular formula is C28H26Cl2N5O10P. The van der Waals surface area contributed by atoms with Gasteiger partial charge in [0.2, 0.25) is 0 Å². The molecule has 1 saturated heterocycles. The number of nitro groups is 1. The lowest BCUT2D eigenvalue weighted by atomic mass is 10.1. The monoisotopic (exact) mass is 693 g/mol. The molecular weight excluding hydrogens is 668 g/mol. The number of aliphatic hydroxyl groups excluding tert-OH is 1. The van der Waals surface area contributed by atoms with E-state index in [0.29, 0.717) is 17.0 Å². The Labute approximate surface area is 270 Å². The zero-order valence-electron chi connectivity index (χ0n) is 23.9. The number of benzene rings is 2. The largest absolute Gasteiger partial charge is 0.530 e. The Morgan fingerprint density at radius 2 is 1.87 bits per heavy atom. The maximum absolute atomic E-state index is 14.1. The van der Waals surface area contributed by atoms with E-state index in [-0.39, 0.29) is 46.5 Å². The summed E-state index contributed by atoms with van der Waals surface area (Å²) in [6, 6.07) is 10.2. The number of H-pyrrole nitrogens is 1. The first kappa shape index (κ1) is 33.4. The molecule has 18 heteroatoms. The number of nitrogens with one attached hydrogen (secondary N) is 1. The molecule has 3 heterocycles. The number of phosphoric ester groups is 1. The van der Waals surface area contributed by atoms with Crippen molar-refractivity contribution < 1.29 is 32.9 Å². The normalized spacial score (nSPS) is 19.1. The summed E-state index contributed by atoms with van der Waals surface area (Å²) in [6.45, 7) is 0.704. The van der Waals surface area contributed by atoms with Gasteiger partial charge in [-0.2, -0.15) is 0 Å².